The molecule has 0 aliphatic heterocycles. The number of amides is 1. The first-order valence-corrected chi connectivity index (χ1v) is 6.95. The molecule has 0 radical (unpaired) electrons. The molecule has 0 aromatic heterocycles. The number of carbonyl (C=O) groups excluding carboxylic acids is 2. The number of carbonyl (C=O) groups is 2. The highest BCUT2D eigenvalue weighted by atomic mass is 79.9. The summed E-state index contributed by atoms with van der Waals surface area (Å²) < 4.78 is 11.2. The lowest BCUT2D eigenvalue weighted by Gasteiger charge is -2.19. The van der Waals surface area contributed by atoms with Crippen molar-refractivity contribution in [1.29, 1.82) is 0 Å². The fourth-order valence-corrected chi connectivity index (χ4v) is 1.68. The molecule has 0 bridgehead atoms. The number of alkyl carbamates (subject to hydrolysis) is 1. The smallest absolute Gasteiger partial charge is 0.407 e. The minimum atomic E-state index is -0.518. The minimum absolute atomic E-state index is 0.291. The van der Waals surface area contributed by atoms with Gasteiger partial charge in [0, 0.05) is 10.0 Å². The Hall–Kier alpha value is -1.56. The first-order chi connectivity index (χ1) is 9.31. The maximum absolute atomic E-state index is 11.4. The summed E-state index contributed by atoms with van der Waals surface area (Å²) in [5, 5.41) is 2.58. The zero-order valence-corrected chi connectivity index (χ0v) is 13.3. The van der Waals surface area contributed by atoms with Crippen LogP contribution in [0.1, 0.15) is 31.1 Å². The van der Waals surface area contributed by atoms with E-state index in [1.165, 1.54) is 0 Å². The molecule has 0 aliphatic rings. The van der Waals surface area contributed by atoms with E-state index < -0.39 is 11.7 Å². The largest absolute Gasteiger partial charge is 0.492 e. The molecular formula is C14H18BrNO4. The molecule has 1 N–H and O–H groups in total. The Morgan fingerprint density at radius 3 is 2.70 bits per heavy atom. The molecule has 0 spiro atoms. The van der Waals surface area contributed by atoms with Crippen molar-refractivity contribution < 1.29 is 19.1 Å². The summed E-state index contributed by atoms with van der Waals surface area (Å²) in [7, 11) is 0. The maximum atomic E-state index is 11.4. The SMILES string of the molecule is CC(C)(C)OC(=O)NCCOc1ccc(Br)c(C=O)c1. The molecule has 0 aliphatic carbocycles. The van der Waals surface area contributed by atoms with Gasteiger partial charge >= 0.3 is 6.09 Å². The second-order valence-electron chi connectivity index (χ2n) is 5.08. The third kappa shape index (κ3) is 6.06. The van der Waals surface area contributed by atoms with E-state index in [0.717, 1.165) is 6.29 Å². The van der Waals surface area contributed by atoms with Gasteiger partial charge in [-0.2, -0.15) is 0 Å². The highest BCUT2D eigenvalue weighted by Crippen LogP contribution is 2.20. The van der Waals surface area contributed by atoms with Gasteiger partial charge in [-0.25, -0.2) is 4.79 Å². The molecule has 0 saturated carbocycles. The van der Waals surface area contributed by atoms with Crippen LogP contribution in [-0.4, -0.2) is 31.1 Å². The van der Waals surface area contributed by atoms with Gasteiger partial charge in [0.15, 0.2) is 6.29 Å². The Kier molecular flexibility index (Phi) is 6.01. The zero-order chi connectivity index (χ0) is 15.2. The van der Waals surface area contributed by atoms with Gasteiger partial charge in [0.25, 0.3) is 0 Å². The number of hydrogen-bond acceptors (Lipinski definition) is 4. The van der Waals surface area contributed by atoms with Crippen LogP contribution in [0.5, 0.6) is 5.75 Å². The Morgan fingerprint density at radius 2 is 2.10 bits per heavy atom. The average molecular weight is 344 g/mol. The van der Waals surface area contributed by atoms with Crippen molar-refractivity contribution in [1.82, 2.24) is 5.32 Å². The summed E-state index contributed by atoms with van der Waals surface area (Å²) >= 11 is 3.26. The van der Waals surface area contributed by atoms with E-state index in [1.54, 1.807) is 39.0 Å². The number of halogens is 1. The maximum Gasteiger partial charge on any atom is 0.407 e. The molecule has 1 rings (SSSR count). The van der Waals surface area contributed by atoms with Gasteiger partial charge < -0.3 is 14.8 Å². The quantitative estimate of drug-likeness (QED) is 0.658. The summed E-state index contributed by atoms with van der Waals surface area (Å²) in [4.78, 5) is 22.1. The molecule has 1 aromatic carbocycles. The summed E-state index contributed by atoms with van der Waals surface area (Å²) in [6.07, 6.45) is 0.265. The highest BCUT2D eigenvalue weighted by molar-refractivity contribution is 9.10. The normalized spacial score (nSPS) is 10.8. The standard InChI is InChI=1S/C14H18BrNO4/c1-14(2,3)20-13(18)16-6-7-19-11-4-5-12(15)10(8-11)9-17/h4-5,8-9H,6-7H2,1-3H3,(H,16,18). The van der Waals surface area contributed by atoms with Crippen LogP contribution in [0.25, 0.3) is 0 Å². The van der Waals surface area contributed by atoms with E-state index in [4.69, 9.17) is 9.47 Å². The van der Waals surface area contributed by atoms with Gasteiger partial charge in [0.1, 0.15) is 18.0 Å². The topological polar surface area (TPSA) is 64.6 Å². The monoisotopic (exact) mass is 343 g/mol. The zero-order valence-electron chi connectivity index (χ0n) is 11.7. The van der Waals surface area contributed by atoms with Crippen LogP contribution in [0.2, 0.25) is 0 Å². The summed E-state index contributed by atoms with van der Waals surface area (Å²) in [5.41, 5.74) is -0.00205. The summed E-state index contributed by atoms with van der Waals surface area (Å²) in [5.74, 6) is 0.571. The average Bonchev–Trinajstić information content (AvgIpc) is 2.34. The minimum Gasteiger partial charge on any atom is -0.492 e. The Balaban J connectivity index is 2.34. The molecule has 6 heteroatoms. The highest BCUT2D eigenvalue weighted by Gasteiger charge is 2.15. The van der Waals surface area contributed by atoms with Crippen molar-refractivity contribution in [2.45, 2.75) is 26.4 Å². The van der Waals surface area contributed by atoms with Gasteiger partial charge in [-0.05, 0) is 39.0 Å². The van der Waals surface area contributed by atoms with E-state index in [2.05, 4.69) is 21.2 Å². The molecule has 0 unspecified atom stereocenters. The molecule has 1 amide bonds. The lowest BCUT2D eigenvalue weighted by atomic mass is 10.2. The van der Waals surface area contributed by atoms with Crippen LogP contribution in [0.15, 0.2) is 22.7 Å². The van der Waals surface area contributed by atoms with Crippen molar-refractivity contribution in [3.63, 3.8) is 0 Å². The third-order valence-electron chi connectivity index (χ3n) is 2.13. The fraction of sp³-hybridized carbons (Fsp3) is 0.429. The van der Waals surface area contributed by atoms with E-state index >= 15 is 0 Å². The van der Waals surface area contributed by atoms with E-state index in [9.17, 15) is 9.59 Å². The predicted octanol–water partition coefficient (Wildman–Crippen LogP) is 3.17. The number of rotatable bonds is 5. The van der Waals surface area contributed by atoms with Gasteiger partial charge in [-0.3, -0.25) is 4.79 Å². The molecular weight excluding hydrogens is 326 g/mol. The summed E-state index contributed by atoms with van der Waals surface area (Å²) in [6, 6.07) is 5.11. The van der Waals surface area contributed by atoms with Crippen LogP contribution >= 0.6 is 15.9 Å². The molecule has 110 valence electrons. The van der Waals surface area contributed by atoms with Crippen LogP contribution < -0.4 is 10.1 Å². The lowest BCUT2D eigenvalue weighted by molar-refractivity contribution is 0.0520. The molecule has 0 fully saturated rings. The Bertz CT molecular complexity index is 483. The molecule has 0 atom stereocenters. The second kappa shape index (κ2) is 7.28. The fourth-order valence-electron chi connectivity index (χ4n) is 1.34. The molecule has 0 saturated heterocycles. The van der Waals surface area contributed by atoms with Gasteiger partial charge in [0.05, 0.1) is 6.54 Å². The van der Waals surface area contributed by atoms with Crippen LogP contribution in [-0.2, 0) is 4.74 Å². The third-order valence-corrected chi connectivity index (χ3v) is 2.86. The lowest BCUT2D eigenvalue weighted by Crippen LogP contribution is -2.34. The van der Waals surface area contributed by atoms with E-state index in [1.807, 2.05) is 0 Å². The van der Waals surface area contributed by atoms with Gasteiger partial charge in [0.2, 0.25) is 0 Å². The molecule has 5 nitrogen and oxygen atoms in total. The summed E-state index contributed by atoms with van der Waals surface area (Å²) in [6.45, 7) is 6.00. The van der Waals surface area contributed by atoms with Crippen LogP contribution in [0, 0.1) is 0 Å². The molecule has 1 aromatic rings. The van der Waals surface area contributed by atoms with Crippen LogP contribution in [0.3, 0.4) is 0 Å². The van der Waals surface area contributed by atoms with Crippen molar-refractivity contribution in [3.8, 4) is 5.75 Å². The number of benzene rings is 1. The Labute approximate surface area is 126 Å². The predicted molar refractivity (Wildman–Crippen MR) is 79.3 cm³/mol. The van der Waals surface area contributed by atoms with Crippen molar-refractivity contribution in [2.24, 2.45) is 0 Å². The number of ether oxygens (including phenoxy) is 2. The first-order valence-electron chi connectivity index (χ1n) is 6.16. The molecule has 20 heavy (non-hydrogen) atoms. The number of aldehydes is 1. The van der Waals surface area contributed by atoms with Gasteiger partial charge in [-0.15, -0.1) is 0 Å². The first kappa shape index (κ1) is 16.5. The Morgan fingerprint density at radius 1 is 1.40 bits per heavy atom. The van der Waals surface area contributed by atoms with Crippen molar-refractivity contribution >= 4 is 28.3 Å². The van der Waals surface area contributed by atoms with Crippen molar-refractivity contribution in [2.75, 3.05) is 13.2 Å². The number of nitrogens with one attached hydrogen (secondary N) is 1. The second-order valence-corrected chi connectivity index (χ2v) is 5.93. The molecule has 0 heterocycles. The van der Waals surface area contributed by atoms with Gasteiger partial charge in [-0.1, -0.05) is 15.9 Å². The van der Waals surface area contributed by atoms with Crippen LogP contribution in [0.4, 0.5) is 4.79 Å². The van der Waals surface area contributed by atoms with Crippen molar-refractivity contribution in [3.05, 3.63) is 28.2 Å². The number of hydrogen-bond donors (Lipinski definition) is 1. The van der Waals surface area contributed by atoms with E-state index in [-0.39, 0.29) is 0 Å². The van der Waals surface area contributed by atoms with E-state index in [0.29, 0.717) is 28.9 Å².